The van der Waals surface area contributed by atoms with Gasteiger partial charge in [-0.15, -0.1) is 10.2 Å². The lowest BCUT2D eigenvalue weighted by atomic mass is 10.5. The zero-order valence-electron chi connectivity index (χ0n) is 9.23. The third-order valence-corrected chi connectivity index (χ3v) is 2.42. The van der Waals surface area contributed by atoms with E-state index < -0.39 is 5.91 Å². The summed E-state index contributed by atoms with van der Waals surface area (Å²) in [7, 11) is 1.54. The Morgan fingerprint density at radius 2 is 2.18 bits per heavy atom. The molecule has 2 amide bonds. The summed E-state index contributed by atoms with van der Waals surface area (Å²) in [5.74, 6) is -0.769. The highest BCUT2D eigenvalue weighted by atomic mass is 32.1. The second-order valence-corrected chi connectivity index (χ2v) is 3.98. The SMILES string of the molecule is COCCNC(=O)CNC(=O)c1nnc(N)s1. The van der Waals surface area contributed by atoms with E-state index in [9.17, 15) is 9.59 Å². The van der Waals surface area contributed by atoms with Crippen molar-refractivity contribution in [3.63, 3.8) is 0 Å². The first-order chi connectivity index (χ1) is 8.13. The second-order valence-electron chi connectivity index (χ2n) is 2.97. The van der Waals surface area contributed by atoms with Crippen LogP contribution in [0.1, 0.15) is 9.80 Å². The highest BCUT2D eigenvalue weighted by Crippen LogP contribution is 2.09. The van der Waals surface area contributed by atoms with Gasteiger partial charge in [-0.25, -0.2) is 0 Å². The maximum Gasteiger partial charge on any atom is 0.282 e. The topological polar surface area (TPSA) is 119 Å². The van der Waals surface area contributed by atoms with Crippen LogP contribution in [0, 0.1) is 0 Å². The molecule has 4 N–H and O–H groups in total. The molecule has 0 aromatic carbocycles. The zero-order chi connectivity index (χ0) is 12.7. The van der Waals surface area contributed by atoms with Crippen LogP contribution in [0.15, 0.2) is 0 Å². The minimum atomic E-state index is -0.471. The van der Waals surface area contributed by atoms with Gasteiger partial charge >= 0.3 is 0 Å². The minimum Gasteiger partial charge on any atom is -0.383 e. The van der Waals surface area contributed by atoms with Crippen molar-refractivity contribution in [1.29, 1.82) is 0 Å². The summed E-state index contributed by atoms with van der Waals surface area (Å²) in [5, 5.41) is 12.3. The lowest BCUT2D eigenvalue weighted by molar-refractivity contribution is -0.120. The molecule has 1 heterocycles. The Morgan fingerprint density at radius 1 is 1.41 bits per heavy atom. The normalized spacial score (nSPS) is 9.94. The second kappa shape index (κ2) is 6.76. The fourth-order valence-electron chi connectivity index (χ4n) is 0.918. The summed E-state index contributed by atoms with van der Waals surface area (Å²) in [4.78, 5) is 22.6. The van der Waals surface area contributed by atoms with Crippen molar-refractivity contribution >= 4 is 28.3 Å². The summed E-state index contributed by atoms with van der Waals surface area (Å²) in [6.07, 6.45) is 0. The van der Waals surface area contributed by atoms with E-state index in [1.165, 1.54) is 7.11 Å². The van der Waals surface area contributed by atoms with Crippen molar-refractivity contribution in [2.45, 2.75) is 0 Å². The van der Waals surface area contributed by atoms with Gasteiger partial charge in [-0.1, -0.05) is 11.3 Å². The summed E-state index contributed by atoms with van der Waals surface area (Å²) >= 11 is 0.961. The Kier molecular flexibility index (Phi) is 5.30. The van der Waals surface area contributed by atoms with Crippen LogP contribution in [0.3, 0.4) is 0 Å². The maximum atomic E-state index is 11.4. The molecule has 1 rings (SSSR count). The highest BCUT2D eigenvalue weighted by molar-refractivity contribution is 7.16. The third kappa shape index (κ3) is 4.74. The summed E-state index contributed by atoms with van der Waals surface area (Å²) < 4.78 is 4.76. The van der Waals surface area contributed by atoms with Crippen LogP contribution in [-0.4, -0.2) is 48.8 Å². The molecule has 0 saturated carbocycles. The molecule has 8 nitrogen and oxygen atoms in total. The van der Waals surface area contributed by atoms with Crippen molar-refractivity contribution < 1.29 is 14.3 Å². The van der Waals surface area contributed by atoms with Crippen LogP contribution in [0.25, 0.3) is 0 Å². The molecule has 0 aliphatic carbocycles. The van der Waals surface area contributed by atoms with Crippen molar-refractivity contribution in [2.75, 3.05) is 32.5 Å². The molecule has 0 spiro atoms. The molecule has 0 fully saturated rings. The molecule has 0 radical (unpaired) electrons. The third-order valence-electron chi connectivity index (χ3n) is 1.67. The summed E-state index contributed by atoms with van der Waals surface area (Å²) in [6.45, 7) is 0.700. The van der Waals surface area contributed by atoms with E-state index in [1.54, 1.807) is 0 Å². The van der Waals surface area contributed by atoms with Gasteiger partial charge in [0, 0.05) is 13.7 Å². The van der Waals surface area contributed by atoms with Crippen molar-refractivity contribution in [2.24, 2.45) is 0 Å². The van der Waals surface area contributed by atoms with Gasteiger partial charge in [0.25, 0.3) is 5.91 Å². The molecule has 1 aromatic rings. The van der Waals surface area contributed by atoms with E-state index in [2.05, 4.69) is 20.8 Å². The first-order valence-electron chi connectivity index (χ1n) is 4.76. The number of hydrogen-bond donors (Lipinski definition) is 3. The lowest BCUT2D eigenvalue weighted by Crippen LogP contribution is -2.38. The Morgan fingerprint density at radius 3 is 2.76 bits per heavy atom. The standard InChI is InChI=1S/C8H13N5O3S/c1-16-3-2-10-5(14)4-11-6(15)7-12-13-8(9)17-7/h2-4H2,1H3,(H2,9,13)(H,10,14)(H,11,15). The monoisotopic (exact) mass is 259 g/mol. The van der Waals surface area contributed by atoms with Gasteiger partial charge in [-0.2, -0.15) is 0 Å². The van der Waals surface area contributed by atoms with E-state index in [-0.39, 0.29) is 22.6 Å². The molecule has 0 atom stereocenters. The van der Waals surface area contributed by atoms with Gasteiger partial charge in [0.1, 0.15) is 0 Å². The first-order valence-corrected chi connectivity index (χ1v) is 5.58. The first kappa shape index (κ1) is 13.3. The molecule has 0 saturated heterocycles. The number of methoxy groups -OCH3 is 1. The van der Waals surface area contributed by atoms with Gasteiger partial charge < -0.3 is 21.1 Å². The minimum absolute atomic E-state index is 0.123. The van der Waals surface area contributed by atoms with Crippen molar-refractivity contribution in [3.05, 3.63) is 5.01 Å². The molecular weight excluding hydrogens is 246 g/mol. The molecule has 9 heteroatoms. The lowest BCUT2D eigenvalue weighted by Gasteiger charge is -2.04. The fourth-order valence-corrected chi connectivity index (χ4v) is 1.44. The Hall–Kier alpha value is -1.74. The smallest absolute Gasteiger partial charge is 0.282 e. The average Bonchev–Trinajstić information content (AvgIpc) is 2.73. The fraction of sp³-hybridized carbons (Fsp3) is 0.500. The van der Waals surface area contributed by atoms with Crippen molar-refractivity contribution in [1.82, 2.24) is 20.8 Å². The summed E-state index contributed by atoms with van der Waals surface area (Å²) in [5.41, 5.74) is 5.33. The number of carbonyl (C=O) groups excluding carboxylic acids is 2. The highest BCUT2D eigenvalue weighted by Gasteiger charge is 2.12. The number of nitrogens with one attached hydrogen (secondary N) is 2. The van der Waals surface area contributed by atoms with Gasteiger partial charge in [-0.3, -0.25) is 9.59 Å². The Labute approximate surface area is 102 Å². The molecule has 0 unspecified atom stereocenters. The molecule has 0 aliphatic rings. The van der Waals surface area contributed by atoms with Crippen LogP contribution < -0.4 is 16.4 Å². The van der Waals surface area contributed by atoms with E-state index in [4.69, 9.17) is 10.5 Å². The van der Waals surface area contributed by atoms with Gasteiger partial charge in [-0.05, 0) is 0 Å². The quantitative estimate of drug-likeness (QED) is 0.541. The van der Waals surface area contributed by atoms with Crippen LogP contribution in [0.2, 0.25) is 0 Å². The summed E-state index contributed by atoms with van der Waals surface area (Å²) in [6, 6.07) is 0. The van der Waals surface area contributed by atoms with Crippen LogP contribution in [0.5, 0.6) is 0 Å². The van der Waals surface area contributed by atoms with Crippen LogP contribution in [-0.2, 0) is 9.53 Å². The van der Waals surface area contributed by atoms with Crippen LogP contribution in [0.4, 0.5) is 5.13 Å². The van der Waals surface area contributed by atoms with Crippen molar-refractivity contribution in [3.8, 4) is 0 Å². The van der Waals surface area contributed by atoms with E-state index in [0.29, 0.717) is 13.2 Å². The Bertz CT molecular complexity index is 394. The average molecular weight is 259 g/mol. The number of anilines is 1. The van der Waals surface area contributed by atoms with E-state index in [1.807, 2.05) is 0 Å². The number of amides is 2. The molecule has 94 valence electrons. The van der Waals surface area contributed by atoms with E-state index >= 15 is 0 Å². The predicted octanol–water partition coefficient (Wildman–Crippen LogP) is -1.39. The molecule has 0 aliphatic heterocycles. The number of hydrogen-bond acceptors (Lipinski definition) is 7. The number of aromatic nitrogens is 2. The molecular formula is C8H13N5O3S. The molecule has 0 bridgehead atoms. The zero-order valence-corrected chi connectivity index (χ0v) is 10.0. The van der Waals surface area contributed by atoms with Crippen LogP contribution >= 0.6 is 11.3 Å². The number of ether oxygens (including phenoxy) is 1. The Balaban J connectivity index is 2.26. The maximum absolute atomic E-state index is 11.4. The largest absolute Gasteiger partial charge is 0.383 e. The predicted molar refractivity (Wildman–Crippen MR) is 61.5 cm³/mol. The number of nitrogens with zero attached hydrogens (tertiary/aromatic N) is 2. The van der Waals surface area contributed by atoms with Gasteiger partial charge in [0.05, 0.1) is 13.2 Å². The van der Waals surface area contributed by atoms with E-state index in [0.717, 1.165) is 11.3 Å². The van der Waals surface area contributed by atoms with Gasteiger partial charge in [0.2, 0.25) is 16.0 Å². The number of nitrogen functional groups attached to an aromatic ring is 1. The number of carbonyl (C=O) groups is 2. The van der Waals surface area contributed by atoms with Gasteiger partial charge in [0.15, 0.2) is 0 Å². The molecule has 1 aromatic heterocycles. The molecule has 17 heavy (non-hydrogen) atoms. The number of rotatable bonds is 6. The number of nitrogens with two attached hydrogens (primary N) is 1.